The van der Waals surface area contributed by atoms with Crippen LogP contribution in [-0.2, 0) is 13.0 Å². The normalized spacial score (nSPS) is 21.0. The number of rotatable bonds is 5. The highest BCUT2D eigenvalue weighted by Crippen LogP contribution is 2.34. The van der Waals surface area contributed by atoms with Gasteiger partial charge in [0, 0.05) is 37.6 Å². The number of thiophene rings is 1. The summed E-state index contributed by atoms with van der Waals surface area (Å²) in [5.41, 5.74) is 1.29. The molecule has 0 unspecified atom stereocenters. The predicted octanol–water partition coefficient (Wildman–Crippen LogP) is 3.19. The summed E-state index contributed by atoms with van der Waals surface area (Å²) in [6, 6.07) is 2.39. The van der Waals surface area contributed by atoms with Crippen LogP contribution in [0.3, 0.4) is 0 Å². The first kappa shape index (κ1) is 17.2. The minimum absolute atomic E-state index is 0.224. The van der Waals surface area contributed by atoms with E-state index in [1.54, 1.807) is 11.3 Å². The third kappa shape index (κ3) is 4.11. The average Bonchev–Trinajstić information content (AvgIpc) is 3.39. The molecule has 0 radical (unpaired) electrons. The monoisotopic (exact) mass is 363 g/mol. The molecule has 0 atom stereocenters. The number of urea groups is 1. The lowest BCUT2D eigenvalue weighted by Gasteiger charge is -2.30. The van der Waals surface area contributed by atoms with Gasteiger partial charge in [-0.25, -0.2) is 4.79 Å². The van der Waals surface area contributed by atoms with E-state index in [0.717, 1.165) is 70.1 Å². The Morgan fingerprint density at radius 2 is 1.80 bits per heavy atom. The van der Waals surface area contributed by atoms with E-state index in [0.29, 0.717) is 0 Å². The minimum Gasteiger partial charge on any atom is -0.484 e. The van der Waals surface area contributed by atoms with Gasteiger partial charge in [0.25, 0.3) is 0 Å². The first-order valence-electron chi connectivity index (χ1n) is 9.80. The zero-order valence-corrected chi connectivity index (χ0v) is 15.9. The van der Waals surface area contributed by atoms with E-state index in [1.165, 1.54) is 36.4 Å². The van der Waals surface area contributed by atoms with Crippen LogP contribution in [0.25, 0.3) is 0 Å². The summed E-state index contributed by atoms with van der Waals surface area (Å²) in [5, 5.41) is 1.03. The van der Waals surface area contributed by atoms with Crippen LogP contribution in [0.15, 0.2) is 6.07 Å². The molecule has 0 bridgehead atoms. The van der Waals surface area contributed by atoms with E-state index in [-0.39, 0.29) is 6.03 Å². The van der Waals surface area contributed by atoms with Crippen LogP contribution < -0.4 is 4.74 Å². The van der Waals surface area contributed by atoms with Gasteiger partial charge in [-0.1, -0.05) is 0 Å². The van der Waals surface area contributed by atoms with Gasteiger partial charge >= 0.3 is 6.03 Å². The summed E-state index contributed by atoms with van der Waals surface area (Å²) >= 11 is 1.78. The first-order chi connectivity index (χ1) is 12.3. The van der Waals surface area contributed by atoms with E-state index in [4.69, 9.17) is 4.74 Å². The second-order valence-corrected chi connectivity index (χ2v) is 8.51. The SMILES string of the molecule is O=C(N1CCCC1)N1CCc2sc(OCCCN3CCCC3)cc2C1. The van der Waals surface area contributed by atoms with Gasteiger partial charge in [-0.2, -0.15) is 0 Å². The maximum absolute atomic E-state index is 12.6. The summed E-state index contributed by atoms with van der Waals surface area (Å²) < 4.78 is 5.99. The van der Waals surface area contributed by atoms with Gasteiger partial charge in [0.15, 0.2) is 5.06 Å². The maximum Gasteiger partial charge on any atom is 0.320 e. The molecular formula is C19H29N3O2S. The Kier molecular flexibility index (Phi) is 5.46. The molecule has 2 fully saturated rings. The average molecular weight is 364 g/mol. The highest BCUT2D eigenvalue weighted by atomic mass is 32.1. The van der Waals surface area contributed by atoms with Crippen LogP contribution >= 0.6 is 11.3 Å². The van der Waals surface area contributed by atoms with Crippen LogP contribution in [0.5, 0.6) is 5.06 Å². The molecule has 0 spiro atoms. The number of fused-ring (bicyclic) bond motifs is 1. The first-order valence-corrected chi connectivity index (χ1v) is 10.6. The van der Waals surface area contributed by atoms with Crippen LogP contribution in [0.2, 0.25) is 0 Å². The number of likely N-dealkylation sites (tertiary alicyclic amines) is 2. The molecule has 0 aliphatic carbocycles. The van der Waals surface area contributed by atoms with Crippen molar-refractivity contribution < 1.29 is 9.53 Å². The van der Waals surface area contributed by atoms with Crippen LogP contribution in [0.1, 0.15) is 42.5 Å². The molecule has 2 saturated heterocycles. The van der Waals surface area contributed by atoms with Crippen molar-refractivity contribution in [2.24, 2.45) is 0 Å². The van der Waals surface area contributed by atoms with Crippen LogP contribution in [-0.4, -0.2) is 66.6 Å². The fourth-order valence-electron chi connectivity index (χ4n) is 4.12. The predicted molar refractivity (Wildman–Crippen MR) is 100 cm³/mol. The number of nitrogens with zero attached hydrogens (tertiary/aromatic N) is 3. The number of hydrogen-bond donors (Lipinski definition) is 0. The van der Waals surface area contributed by atoms with Crippen molar-refractivity contribution in [3.05, 3.63) is 16.5 Å². The standard InChI is InChI=1S/C19H29N3O2S/c23-19(21-10-3-4-11-21)22-12-6-17-16(15-22)14-18(25-17)24-13-5-9-20-7-1-2-8-20/h14H,1-13,15H2. The summed E-state index contributed by atoms with van der Waals surface area (Å²) in [4.78, 5) is 20.5. The topological polar surface area (TPSA) is 36.0 Å². The molecule has 3 aliphatic rings. The van der Waals surface area contributed by atoms with E-state index in [2.05, 4.69) is 11.0 Å². The van der Waals surface area contributed by atoms with Crippen molar-refractivity contribution in [2.45, 2.75) is 45.1 Å². The van der Waals surface area contributed by atoms with E-state index < -0.39 is 0 Å². The van der Waals surface area contributed by atoms with Crippen molar-refractivity contribution in [1.29, 1.82) is 0 Å². The fraction of sp³-hybridized carbons (Fsp3) is 0.737. The smallest absolute Gasteiger partial charge is 0.320 e. The lowest BCUT2D eigenvalue weighted by atomic mass is 10.1. The van der Waals surface area contributed by atoms with Crippen molar-refractivity contribution in [3.63, 3.8) is 0 Å². The van der Waals surface area contributed by atoms with Gasteiger partial charge in [-0.3, -0.25) is 0 Å². The van der Waals surface area contributed by atoms with Gasteiger partial charge in [0.1, 0.15) is 0 Å². The second kappa shape index (κ2) is 7.96. The van der Waals surface area contributed by atoms with Crippen LogP contribution in [0, 0.1) is 0 Å². The number of carbonyl (C=O) groups is 1. The number of carbonyl (C=O) groups excluding carboxylic acids is 1. The largest absolute Gasteiger partial charge is 0.484 e. The summed E-state index contributed by atoms with van der Waals surface area (Å²) in [6.45, 7) is 7.92. The van der Waals surface area contributed by atoms with E-state index in [1.807, 2.05) is 9.80 Å². The zero-order chi connectivity index (χ0) is 17.1. The highest BCUT2D eigenvalue weighted by Gasteiger charge is 2.28. The molecule has 1 aromatic rings. The Hall–Kier alpha value is -1.27. The molecular weight excluding hydrogens is 334 g/mol. The molecule has 3 aliphatic heterocycles. The van der Waals surface area contributed by atoms with Crippen molar-refractivity contribution in [3.8, 4) is 5.06 Å². The molecule has 0 N–H and O–H groups in total. The third-order valence-electron chi connectivity index (χ3n) is 5.55. The number of amides is 2. The zero-order valence-electron chi connectivity index (χ0n) is 15.0. The highest BCUT2D eigenvalue weighted by molar-refractivity contribution is 7.14. The van der Waals surface area contributed by atoms with Crippen LogP contribution in [0.4, 0.5) is 4.79 Å². The Labute approximate surface area is 154 Å². The quantitative estimate of drug-likeness (QED) is 0.754. The summed E-state index contributed by atoms with van der Waals surface area (Å²) in [6.07, 6.45) is 7.08. The number of ether oxygens (including phenoxy) is 1. The molecule has 4 rings (SSSR count). The van der Waals surface area contributed by atoms with Crippen molar-refractivity contribution >= 4 is 17.4 Å². The van der Waals surface area contributed by atoms with Crippen molar-refractivity contribution in [2.75, 3.05) is 45.9 Å². The molecule has 1 aromatic heterocycles. The van der Waals surface area contributed by atoms with Gasteiger partial charge in [0.2, 0.25) is 0 Å². The van der Waals surface area contributed by atoms with Gasteiger partial charge < -0.3 is 19.4 Å². The molecule has 5 nitrogen and oxygen atoms in total. The molecule has 25 heavy (non-hydrogen) atoms. The minimum atomic E-state index is 0.224. The van der Waals surface area contributed by atoms with Gasteiger partial charge in [0.05, 0.1) is 6.61 Å². The molecule has 138 valence electrons. The summed E-state index contributed by atoms with van der Waals surface area (Å²) in [5.74, 6) is 0. The second-order valence-electron chi connectivity index (χ2n) is 7.41. The lowest BCUT2D eigenvalue weighted by molar-refractivity contribution is 0.157. The van der Waals surface area contributed by atoms with E-state index in [9.17, 15) is 4.79 Å². The molecule has 2 amide bonds. The Morgan fingerprint density at radius 3 is 2.60 bits per heavy atom. The van der Waals surface area contributed by atoms with Gasteiger partial charge in [-0.15, -0.1) is 11.3 Å². The Balaban J connectivity index is 1.26. The third-order valence-corrected chi connectivity index (χ3v) is 6.70. The molecule has 6 heteroatoms. The maximum atomic E-state index is 12.6. The Morgan fingerprint density at radius 1 is 1.04 bits per heavy atom. The lowest BCUT2D eigenvalue weighted by Crippen LogP contribution is -2.43. The molecule has 0 saturated carbocycles. The number of hydrogen-bond acceptors (Lipinski definition) is 4. The van der Waals surface area contributed by atoms with E-state index >= 15 is 0 Å². The summed E-state index contributed by atoms with van der Waals surface area (Å²) in [7, 11) is 0. The molecule has 4 heterocycles. The van der Waals surface area contributed by atoms with Gasteiger partial charge in [-0.05, 0) is 63.2 Å². The Bertz CT molecular complexity index is 591. The molecule has 0 aromatic carbocycles. The van der Waals surface area contributed by atoms with Crippen molar-refractivity contribution in [1.82, 2.24) is 14.7 Å². The fourth-order valence-corrected chi connectivity index (χ4v) is 5.15.